The highest BCUT2D eigenvalue weighted by molar-refractivity contribution is 5.91. The standard InChI is InChI=1S/C27H23N5O2/c1-34-25-13-7-20(8-14-25)17-23(18-28)21-9-11-22(12-10-21)26-19-32(31-30-26)16-15-27(33)29-24-5-3-2-4-6-24/h2-14,17,19H,15-16H2,1H3,(H,29,33)/b23-17+. The molecule has 7 nitrogen and oxygen atoms in total. The molecule has 0 aliphatic rings. The first-order valence-corrected chi connectivity index (χ1v) is 10.8. The Bertz CT molecular complexity index is 1320. The number of ether oxygens (including phenoxy) is 1. The van der Waals surface area contributed by atoms with Crippen molar-refractivity contribution in [3.8, 4) is 23.1 Å². The van der Waals surface area contributed by atoms with E-state index in [0.717, 1.165) is 28.1 Å². The Morgan fingerprint density at radius 1 is 1.06 bits per heavy atom. The lowest BCUT2D eigenvalue weighted by atomic mass is 10.0. The minimum atomic E-state index is -0.0831. The molecule has 1 aromatic heterocycles. The number of aromatic nitrogens is 3. The Morgan fingerprint density at radius 2 is 1.79 bits per heavy atom. The van der Waals surface area contributed by atoms with Gasteiger partial charge in [0, 0.05) is 17.7 Å². The zero-order chi connectivity index (χ0) is 23.8. The molecule has 4 aromatic rings. The van der Waals surface area contributed by atoms with Crippen molar-refractivity contribution in [2.75, 3.05) is 12.4 Å². The molecule has 1 N–H and O–H groups in total. The monoisotopic (exact) mass is 449 g/mol. The van der Waals surface area contributed by atoms with Gasteiger partial charge in [0.25, 0.3) is 0 Å². The van der Waals surface area contributed by atoms with Gasteiger partial charge in [0.15, 0.2) is 0 Å². The number of benzene rings is 3. The molecule has 34 heavy (non-hydrogen) atoms. The average molecular weight is 450 g/mol. The van der Waals surface area contributed by atoms with Gasteiger partial charge in [0.05, 0.1) is 31.5 Å². The molecule has 0 atom stereocenters. The van der Waals surface area contributed by atoms with E-state index >= 15 is 0 Å². The van der Waals surface area contributed by atoms with Crippen molar-refractivity contribution >= 4 is 23.2 Å². The molecule has 3 aromatic carbocycles. The van der Waals surface area contributed by atoms with Gasteiger partial charge in [-0.2, -0.15) is 5.26 Å². The number of hydrogen-bond acceptors (Lipinski definition) is 5. The van der Waals surface area contributed by atoms with Crippen molar-refractivity contribution in [2.45, 2.75) is 13.0 Å². The van der Waals surface area contributed by atoms with Crippen molar-refractivity contribution in [2.24, 2.45) is 0 Å². The second-order valence-electron chi connectivity index (χ2n) is 7.55. The smallest absolute Gasteiger partial charge is 0.226 e. The molecule has 4 rings (SSSR count). The van der Waals surface area contributed by atoms with E-state index in [1.807, 2.05) is 91.1 Å². The summed E-state index contributed by atoms with van der Waals surface area (Å²) in [6.07, 6.45) is 3.94. The van der Waals surface area contributed by atoms with E-state index in [0.29, 0.717) is 17.8 Å². The Hall–Kier alpha value is -4.70. The molecule has 0 spiro atoms. The Balaban J connectivity index is 1.39. The van der Waals surface area contributed by atoms with Crippen molar-refractivity contribution in [1.82, 2.24) is 15.0 Å². The van der Waals surface area contributed by atoms with Gasteiger partial charge >= 0.3 is 0 Å². The van der Waals surface area contributed by atoms with Gasteiger partial charge < -0.3 is 10.1 Å². The number of methoxy groups -OCH3 is 1. The number of nitrogens with one attached hydrogen (secondary N) is 1. The summed E-state index contributed by atoms with van der Waals surface area (Å²) >= 11 is 0. The fourth-order valence-electron chi connectivity index (χ4n) is 3.37. The second kappa shape index (κ2) is 10.7. The molecule has 0 saturated carbocycles. The van der Waals surface area contributed by atoms with E-state index in [4.69, 9.17) is 4.74 Å². The van der Waals surface area contributed by atoms with Crippen LogP contribution < -0.4 is 10.1 Å². The molecular formula is C27H23N5O2. The van der Waals surface area contributed by atoms with E-state index in [1.165, 1.54) is 0 Å². The number of carbonyl (C=O) groups is 1. The Labute approximate surface area is 197 Å². The quantitative estimate of drug-likeness (QED) is 0.300. The molecule has 0 fully saturated rings. The summed E-state index contributed by atoms with van der Waals surface area (Å²) in [5.74, 6) is 0.685. The van der Waals surface area contributed by atoms with E-state index in [1.54, 1.807) is 11.8 Å². The van der Waals surface area contributed by atoms with Gasteiger partial charge in [0.2, 0.25) is 5.91 Å². The summed E-state index contributed by atoms with van der Waals surface area (Å²) in [5, 5.41) is 20.8. The molecule has 0 radical (unpaired) electrons. The van der Waals surface area contributed by atoms with Crippen LogP contribution in [0.3, 0.4) is 0 Å². The topological polar surface area (TPSA) is 92.8 Å². The lowest BCUT2D eigenvalue weighted by molar-refractivity contribution is -0.116. The maximum Gasteiger partial charge on any atom is 0.226 e. The van der Waals surface area contributed by atoms with Crippen LogP contribution in [0.2, 0.25) is 0 Å². The normalized spacial score (nSPS) is 11.0. The third-order valence-electron chi connectivity index (χ3n) is 5.20. The van der Waals surface area contributed by atoms with Gasteiger partial charge in [0.1, 0.15) is 11.4 Å². The van der Waals surface area contributed by atoms with Crippen molar-refractivity contribution in [3.63, 3.8) is 0 Å². The first-order valence-electron chi connectivity index (χ1n) is 10.8. The summed E-state index contributed by atoms with van der Waals surface area (Å²) in [7, 11) is 1.62. The van der Waals surface area contributed by atoms with Crippen molar-refractivity contribution < 1.29 is 9.53 Å². The SMILES string of the molecule is COc1ccc(/C=C(\C#N)c2ccc(-c3cn(CCC(=O)Nc4ccccc4)nn3)cc2)cc1. The summed E-state index contributed by atoms with van der Waals surface area (Å²) in [6.45, 7) is 0.424. The number of para-hydroxylation sites is 1. The maximum absolute atomic E-state index is 12.1. The highest BCUT2D eigenvalue weighted by Gasteiger charge is 2.08. The number of amides is 1. The summed E-state index contributed by atoms with van der Waals surface area (Å²) in [6, 6.07) is 26.7. The highest BCUT2D eigenvalue weighted by atomic mass is 16.5. The van der Waals surface area contributed by atoms with Gasteiger partial charge in [-0.05, 0) is 41.5 Å². The number of nitriles is 1. The number of anilines is 1. The number of rotatable bonds is 8. The molecule has 168 valence electrons. The molecule has 7 heteroatoms. The van der Waals surface area contributed by atoms with E-state index in [2.05, 4.69) is 21.7 Å². The fourth-order valence-corrected chi connectivity index (χ4v) is 3.37. The van der Waals surface area contributed by atoms with Crippen LogP contribution in [0, 0.1) is 11.3 Å². The van der Waals surface area contributed by atoms with E-state index < -0.39 is 0 Å². The lowest BCUT2D eigenvalue weighted by Gasteiger charge is -2.04. The first-order chi connectivity index (χ1) is 16.6. The van der Waals surface area contributed by atoms with Crippen LogP contribution in [-0.2, 0) is 11.3 Å². The molecule has 0 aliphatic heterocycles. The van der Waals surface area contributed by atoms with Crippen LogP contribution in [0.1, 0.15) is 17.5 Å². The first kappa shape index (κ1) is 22.5. The Morgan fingerprint density at radius 3 is 2.47 bits per heavy atom. The number of aryl methyl sites for hydroxylation is 1. The lowest BCUT2D eigenvalue weighted by Crippen LogP contribution is -2.14. The van der Waals surface area contributed by atoms with Crippen LogP contribution in [0.25, 0.3) is 22.9 Å². The van der Waals surface area contributed by atoms with Gasteiger partial charge in [-0.1, -0.05) is 59.8 Å². The summed E-state index contributed by atoms with van der Waals surface area (Å²) in [4.78, 5) is 12.1. The van der Waals surface area contributed by atoms with Gasteiger partial charge in [-0.15, -0.1) is 5.10 Å². The summed E-state index contributed by atoms with van der Waals surface area (Å²) in [5.41, 5.74) is 4.64. The average Bonchev–Trinajstić information content (AvgIpc) is 3.36. The molecule has 0 bridgehead atoms. The molecule has 0 unspecified atom stereocenters. The van der Waals surface area contributed by atoms with Crippen LogP contribution in [0.4, 0.5) is 5.69 Å². The van der Waals surface area contributed by atoms with Crippen LogP contribution in [-0.4, -0.2) is 28.0 Å². The minimum Gasteiger partial charge on any atom is -0.497 e. The van der Waals surface area contributed by atoms with Crippen LogP contribution in [0.5, 0.6) is 5.75 Å². The maximum atomic E-state index is 12.1. The zero-order valence-corrected chi connectivity index (χ0v) is 18.7. The summed E-state index contributed by atoms with van der Waals surface area (Å²) < 4.78 is 6.83. The van der Waals surface area contributed by atoms with E-state index in [-0.39, 0.29) is 12.3 Å². The third kappa shape index (κ3) is 5.75. The van der Waals surface area contributed by atoms with Gasteiger partial charge in [-0.3, -0.25) is 9.48 Å². The molecule has 1 amide bonds. The molecule has 1 heterocycles. The number of carbonyl (C=O) groups excluding carboxylic acids is 1. The van der Waals surface area contributed by atoms with Crippen molar-refractivity contribution in [3.05, 3.63) is 96.2 Å². The van der Waals surface area contributed by atoms with Crippen molar-refractivity contribution in [1.29, 1.82) is 5.26 Å². The van der Waals surface area contributed by atoms with Crippen LogP contribution in [0.15, 0.2) is 85.1 Å². The predicted molar refractivity (Wildman–Crippen MR) is 132 cm³/mol. The minimum absolute atomic E-state index is 0.0831. The van der Waals surface area contributed by atoms with Gasteiger partial charge in [-0.25, -0.2) is 0 Å². The third-order valence-corrected chi connectivity index (χ3v) is 5.20. The largest absolute Gasteiger partial charge is 0.497 e. The van der Waals surface area contributed by atoms with E-state index in [9.17, 15) is 10.1 Å². The molecular weight excluding hydrogens is 426 g/mol. The highest BCUT2D eigenvalue weighted by Crippen LogP contribution is 2.23. The zero-order valence-electron chi connectivity index (χ0n) is 18.7. The number of hydrogen-bond donors (Lipinski definition) is 1. The molecule has 0 aliphatic carbocycles. The fraction of sp³-hybridized carbons (Fsp3) is 0.111. The predicted octanol–water partition coefficient (Wildman–Crippen LogP) is 5.05. The number of allylic oxidation sites excluding steroid dienone is 1. The number of nitrogens with zero attached hydrogens (tertiary/aromatic N) is 4. The Kier molecular flexibility index (Phi) is 7.11. The second-order valence-corrected chi connectivity index (χ2v) is 7.55. The molecule has 0 saturated heterocycles. The van der Waals surface area contributed by atoms with Crippen LogP contribution >= 0.6 is 0 Å².